The van der Waals surface area contributed by atoms with Crippen LogP contribution >= 0.6 is 0 Å². The van der Waals surface area contributed by atoms with Crippen LogP contribution in [0.4, 0.5) is 10.6 Å². The molecule has 31 heavy (non-hydrogen) atoms. The van der Waals surface area contributed by atoms with Gasteiger partial charge in [0.05, 0.1) is 0 Å². The fourth-order valence-electron chi connectivity index (χ4n) is 3.24. The number of ether oxygens (including phenoxy) is 1. The van der Waals surface area contributed by atoms with Gasteiger partial charge in [0.1, 0.15) is 12.4 Å². The van der Waals surface area contributed by atoms with E-state index in [0.717, 1.165) is 24.9 Å². The summed E-state index contributed by atoms with van der Waals surface area (Å²) in [5.74, 6) is 0.174. The van der Waals surface area contributed by atoms with Crippen LogP contribution in [0.5, 0.6) is 0 Å². The van der Waals surface area contributed by atoms with Crippen LogP contribution in [0.2, 0.25) is 0 Å². The Balaban J connectivity index is 1.43. The van der Waals surface area contributed by atoms with Crippen molar-refractivity contribution >= 4 is 11.9 Å². The Bertz CT molecular complexity index is 1010. The first-order valence-corrected chi connectivity index (χ1v) is 10.5. The first-order chi connectivity index (χ1) is 15.2. The molecule has 2 N–H and O–H groups in total. The number of carbonyl (C=O) groups is 1. The first kappa shape index (κ1) is 22.2. The third-order valence-corrected chi connectivity index (χ3v) is 4.89. The Labute approximate surface area is 182 Å². The highest BCUT2D eigenvalue weighted by molar-refractivity contribution is 5.83. The SMILES string of the molecule is CC[C@@H](NCCCn1ccc(NC(=O)OCc2ccccc2)nc1=O)c1ccccc1. The van der Waals surface area contributed by atoms with Gasteiger partial charge in [0.15, 0.2) is 0 Å². The minimum atomic E-state index is -0.649. The largest absolute Gasteiger partial charge is 0.444 e. The van der Waals surface area contributed by atoms with Crippen LogP contribution in [0, 0.1) is 0 Å². The van der Waals surface area contributed by atoms with E-state index in [1.807, 2.05) is 48.5 Å². The molecule has 1 atom stereocenters. The third kappa shape index (κ3) is 7.08. The maximum Gasteiger partial charge on any atom is 0.413 e. The molecule has 1 amide bonds. The van der Waals surface area contributed by atoms with Gasteiger partial charge in [-0.2, -0.15) is 4.98 Å². The molecule has 0 aliphatic heterocycles. The number of carbonyl (C=O) groups excluding carboxylic acids is 1. The summed E-state index contributed by atoms with van der Waals surface area (Å²) in [6, 6.07) is 21.6. The topological polar surface area (TPSA) is 85.2 Å². The molecule has 0 fully saturated rings. The van der Waals surface area contributed by atoms with Gasteiger partial charge in [-0.3, -0.25) is 9.88 Å². The number of benzene rings is 2. The monoisotopic (exact) mass is 420 g/mol. The van der Waals surface area contributed by atoms with Gasteiger partial charge >= 0.3 is 11.8 Å². The van der Waals surface area contributed by atoms with Gasteiger partial charge in [-0.05, 0) is 36.6 Å². The third-order valence-electron chi connectivity index (χ3n) is 4.89. The predicted octanol–water partition coefficient (Wildman–Crippen LogP) is 4.12. The predicted molar refractivity (Wildman–Crippen MR) is 121 cm³/mol. The fraction of sp³-hybridized carbons (Fsp3) is 0.292. The Hall–Kier alpha value is -3.45. The van der Waals surface area contributed by atoms with Crippen LogP contribution in [0.25, 0.3) is 0 Å². The number of rotatable bonds is 10. The lowest BCUT2D eigenvalue weighted by atomic mass is 10.0. The molecule has 0 aliphatic carbocycles. The second kappa shape index (κ2) is 11.7. The van der Waals surface area contributed by atoms with Crippen LogP contribution in [-0.2, 0) is 17.9 Å². The van der Waals surface area contributed by atoms with Gasteiger partial charge in [0, 0.05) is 18.8 Å². The molecule has 3 aromatic rings. The van der Waals surface area contributed by atoms with Crippen molar-refractivity contribution in [3.63, 3.8) is 0 Å². The Morgan fingerprint density at radius 1 is 1.06 bits per heavy atom. The molecule has 0 unspecified atom stereocenters. The van der Waals surface area contributed by atoms with Crippen molar-refractivity contribution in [1.82, 2.24) is 14.9 Å². The van der Waals surface area contributed by atoms with Crippen LogP contribution in [-0.4, -0.2) is 22.2 Å². The summed E-state index contributed by atoms with van der Waals surface area (Å²) in [5, 5.41) is 6.02. The lowest BCUT2D eigenvalue weighted by molar-refractivity contribution is 0.155. The molecule has 2 aromatic carbocycles. The molecule has 0 saturated carbocycles. The highest BCUT2D eigenvalue weighted by atomic mass is 16.5. The Kier molecular flexibility index (Phi) is 8.37. The molecule has 1 heterocycles. The van der Waals surface area contributed by atoms with Crippen LogP contribution in [0.3, 0.4) is 0 Å². The van der Waals surface area contributed by atoms with Crippen molar-refractivity contribution in [1.29, 1.82) is 0 Å². The van der Waals surface area contributed by atoms with Crippen LogP contribution in [0.15, 0.2) is 77.7 Å². The first-order valence-electron chi connectivity index (χ1n) is 10.5. The zero-order chi connectivity index (χ0) is 21.9. The van der Waals surface area contributed by atoms with E-state index < -0.39 is 11.8 Å². The quantitative estimate of drug-likeness (QED) is 0.482. The van der Waals surface area contributed by atoms with Gasteiger partial charge in [-0.25, -0.2) is 9.59 Å². The van der Waals surface area contributed by atoms with Gasteiger partial charge < -0.3 is 10.1 Å². The fourth-order valence-corrected chi connectivity index (χ4v) is 3.24. The number of hydrogen-bond donors (Lipinski definition) is 2. The smallest absolute Gasteiger partial charge is 0.413 e. The van der Waals surface area contributed by atoms with Crippen molar-refractivity contribution in [3.8, 4) is 0 Å². The van der Waals surface area contributed by atoms with Gasteiger partial charge in [-0.15, -0.1) is 0 Å². The number of hydrogen-bond acceptors (Lipinski definition) is 5. The average molecular weight is 421 g/mol. The summed E-state index contributed by atoms with van der Waals surface area (Å²) >= 11 is 0. The molecule has 0 bridgehead atoms. The Morgan fingerprint density at radius 2 is 1.77 bits per heavy atom. The van der Waals surface area contributed by atoms with Crippen molar-refractivity contribution < 1.29 is 9.53 Å². The minimum Gasteiger partial charge on any atom is -0.444 e. The van der Waals surface area contributed by atoms with E-state index in [0.29, 0.717) is 12.6 Å². The van der Waals surface area contributed by atoms with E-state index >= 15 is 0 Å². The molecule has 0 aliphatic rings. The second-order valence-electron chi connectivity index (χ2n) is 7.15. The maximum atomic E-state index is 12.2. The lowest BCUT2D eigenvalue weighted by Gasteiger charge is -2.17. The molecule has 3 rings (SSSR count). The summed E-state index contributed by atoms with van der Waals surface area (Å²) in [7, 11) is 0. The average Bonchev–Trinajstić information content (AvgIpc) is 2.80. The van der Waals surface area contributed by atoms with E-state index in [-0.39, 0.29) is 12.4 Å². The summed E-state index contributed by atoms with van der Waals surface area (Å²) in [5.41, 5.74) is 1.74. The summed E-state index contributed by atoms with van der Waals surface area (Å²) in [6.45, 7) is 3.63. The van der Waals surface area contributed by atoms with Crippen molar-refractivity contribution in [2.24, 2.45) is 0 Å². The van der Waals surface area contributed by atoms with Crippen molar-refractivity contribution in [3.05, 3.63) is 94.5 Å². The number of nitrogens with one attached hydrogen (secondary N) is 2. The summed E-state index contributed by atoms with van der Waals surface area (Å²) < 4.78 is 6.68. The number of aryl methyl sites for hydroxylation is 1. The Morgan fingerprint density at radius 3 is 2.45 bits per heavy atom. The molecule has 0 spiro atoms. The molecule has 7 nitrogen and oxygen atoms in total. The zero-order valence-corrected chi connectivity index (χ0v) is 17.7. The highest BCUT2D eigenvalue weighted by Crippen LogP contribution is 2.15. The number of nitrogens with zero attached hydrogens (tertiary/aromatic N) is 2. The molecular weight excluding hydrogens is 392 g/mol. The number of amides is 1. The van der Waals surface area contributed by atoms with E-state index in [1.54, 1.807) is 12.3 Å². The standard InChI is InChI=1S/C24H28N4O3/c1-2-21(20-12-7-4-8-13-20)25-15-9-16-28-17-14-22(26-23(28)29)27-24(30)31-18-19-10-5-3-6-11-19/h3-8,10-14,17,21,25H,2,9,15-16,18H2,1H3,(H,26,27,29,30)/t21-/m1/s1. The molecule has 0 radical (unpaired) electrons. The zero-order valence-electron chi connectivity index (χ0n) is 17.7. The highest BCUT2D eigenvalue weighted by Gasteiger charge is 2.09. The van der Waals surface area contributed by atoms with Gasteiger partial charge in [0.25, 0.3) is 0 Å². The summed E-state index contributed by atoms with van der Waals surface area (Å²) in [4.78, 5) is 28.1. The normalized spacial score (nSPS) is 11.6. The number of anilines is 1. The van der Waals surface area contributed by atoms with E-state index in [1.165, 1.54) is 10.1 Å². The lowest BCUT2D eigenvalue weighted by Crippen LogP contribution is -2.27. The second-order valence-corrected chi connectivity index (χ2v) is 7.15. The maximum absolute atomic E-state index is 12.2. The number of aromatic nitrogens is 2. The van der Waals surface area contributed by atoms with E-state index in [9.17, 15) is 9.59 Å². The van der Waals surface area contributed by atoms with Crippen LogP contribution < -0.4 is 16.3 Å². The summed E-state index contributed by atoms with van der Waals surface area (Å²) in [6.07, 6.45) is 2.77. The molecule has 162 valence electrons. The molecule has 1 aromatic heterocycles. The molecule has 7 heteroatoms. The van der Waals surface area contributed by atoms with E-state index in [4.69, 9.17) is 4.74 Å². The van der Waals surface area contributed by atoms with Crippen molar-refractivity contribution in [2.75, 3.05) is 11.9 Å². The minimum absolute atomic E-state index is 0.151. The van der Waals surface area contributed by atoms with Gasteiger partial charge in [0.2, 0.25) is 0 Å². The van der Waals surface area contributed by atoms with Crippen molar-refractivity contribution in [2.45, 2.75) is 39.0 Å². The van der Waals surface area contributed by atoms with E-state index in [2.05, 4.69) is 34.7 Å². The molecule has 0 saturated heterocycles. The van der Waals surface area contributed by atoms with Gasteiger partial charge in [-0.1, -0.05) is 67.6 Å². The molecular formula is C24H28N4O3. The van der Waals surface area contributed by atoms with Crippen LogP contribution in [0.1, 0.15) is 36.9 Å².